The molecule has 0 aliphatic carbocycles. The third-order valence-corrected chi connectivity index (χ3v) is 7.50. The number of ether oxygens (including phenoxy) is 4. The van der Waals surface area contributed by atoms with Crippen molar-refractivity contribution in [1.82, 2.24) is 4.90 Å². The third-order valence-electron chi connectivity index (χ3n) is 7.50. The lowest BCUT2D eigenvalue weighted by molar-refractivity contribution is -0.644. The zero-order chi connectivity index (χ0) is 30.0. The maximum atomic E-state index is 6.14. The lowest BCUT2D eigenvalue weighted by Gasteiger charge is -2.23. The number of pyridine rings is 1. The van der Waals surface area contributed by atoms with Crippen LogP contribution >= 0.6 is 0 Å². The van der Waals surface area contributed by atoms with Gasteiger partial charge < -0.3 is 39.0 Å². The molecule has 1 heterocycles. The van der Waals surface area contributed by atoms with E-state index in [0.29, 0.717) is 11.5 Å². The lowest BCUT2D eigenvalue weighted by Crippen LogP contribution is -2.40. The molecule has 41 heavy (non-hydrogen) atoms. The number of hydrogen-bond acceptors (Lipinski definition) is 8. The summed E-state index contributed by atoms with van der Waals surface area (Å²) in [6, 6.07) is 12.6. The summed E-state index contributed by atoms with van der Waals surface area (Å²) in [4.78, 5) is 6.32. The van der Waals surface area contributed by atoms with Gasteiger partial charge in [0.1, 0.15) is 23.0 Å². The Morgan fingerprint density at radius 2 is 1.07 bits per heavy atom. The second kappa shape index (κ2) is 12.2. The van der Waals surface area contributed by atoms with E-state index in [-0.39, 0.29) is 0 Å². The van der Waals surface area contributed by atoms with E-state index < -0.39 is 0 Å². The molecule has 0 amide bonds. The van der Waals surface area contributed by atoms with Crippen molar-refractivity contribution >= 4 is 38.9 Å². The quantitative estimate of drug-likeness (QED) is 0.208. The molecule has 0 fully saturated rings. The number of nitrogens with zero attached hydrogens (tertiary/aromatic N) is 4. The van der Waals surface area contributed by atoms with Crippen molar-refractivity contribution in [3.8, 4) is 34.1 Å². The van der Waals surface area contributed by atoms with Gasteiger partial charge in [0.05, 0.1) is 51.3 Å². The Balaban J connectivity index is 2.38. The molecule has 0 bridgehead atoms. The number of rotatable bonds is 11. The van der Waals surface area contributed by atoms with Crippen LogP contribution in [-0.2, 0) is 6.54 Å². The van der Waals surface area contributed by atoms with Gasteiger partial charge in [-0.2, -0.15) is 4.57 Å². The zero-order valence-electron chi connectivity index (χ0n) is 26.3. The summed E-state index contributed by atoms with van der Waals surface area (Å²) >= 11 is 0. The Morgan fingerprint density at radius 1 is 0.610 bits per heavy atom. The van der Waals surface area contributed by atoms with Crippen molar-refractivity contribution in [1.29, 1.82) is 0 Å². The Hall–Kier alpha value is -4.11. The third kappa shape index (κ3) is 5.46. The van der Waals surface area contributed by atoms with Crippen molar-refractivity contribution < 1.29 is 23.5 Å². The van der Waals surface area contributed by atoms with Gasteiger partial charge in [0, 0.05) is 94.3 Å². The van der Waals surface area contributed by atoms with Gasteiger partial charge in [-0.1, -0.05) is 0 Å². The number of aromatic nitrogens is 1. The van der Waals surface area contributed by atoms with Gasteiger partial charge in [-0.25, -0.2) is 0 Å². The molecule has 4 rings (SSSR count). The number of fused-ring (bicyclic) bond motifs is 2. The molecule has 0 aliphatic heterocycles. The van der Waals surface area contributed by atoms with E-state index in [4.69, 9.17) is 18.9 Å². The molecule has 9 heteroatoms. The predicted octanol–water partition coefficient (Wildman–Crippen LogP) is 4.72. The molecule has 0 saturated carbocycles. The average Bonchev–Trinajstić information content (AvgIpc) is 2.97. The van der Waals surface area contributed by atoms with Crippen molar-refractivity contribution in [2.75, 3.05) is 99.4 Å². The summed E-state index contributed by atoms with van der Waals surface area (Å²) in [5.41, 5.74) is 6.79. The summed E-state index contributed by atoms with van der Waals surface area (Å²) in [6.45, 7) is 1.60. The summed E-state index contributed by atoms with van der Waals surface area (Å²) in [6.07, 6.45) is 0. The molecule has 0 atom stereocenters. The first kappa shape index (κ1) is 29.9. The second-order valence-electron chi connectivity index (χ2n) is 10.7. The number of nitrogens with one attached hydrogen (secondary N) is 1. The Bertz CT molecular complexity index is 1540. The fourth-order valence-corrected chi connectivity index (χ4v) is 5.29. The number of anilines is 3. The summed E-state index contributed by atoms with van der Waals surface area (Å²) in [5, 5.41) is 5.22. The minimum Gasteiger partial charge on any atom is -0.496 e. The van der Waals surface area contributed by atoms with E-state index >= 15 is 0 Å². The minimum atomic E-state index is 0.695. The maximum absolute atomic E-state index is 6.14. The number of likely N-dealkylation sites (N-methyl/N-ethyl adjacent to an activating group) is 1. The normalized spacial score (nSPS) is 11.2. The van der Waals surface area contributed by atoms with E-state index in [9.17, 15) is 0 Å². The van der Waals surface area contributed by atoms with E-state index in [1.807, 2.05) is 58.3 Å². The molecule has 9 nitrogen and oxygen atoms in total. The highest BCUT2D eigenvalue weighted by molar-refractivity contribution is 6.15. The summed E-state index contributed by atoms with van der Waals surface area (Å²) in [7, 11) is 21.0. The maximum Gasteiger partial charge on any atom is 0.219 e. The van der Waals surface area contributed by atoms with Crippen LogP contribution in [0.4, 0.5) is 17.1 Å². The molecule has 0 radical (unpaired) electrons. The van der Waals surface area contributed by atoms with E-state index in [1.165, 1.54) is 0 Å². The topological polar surface area (TPSA) is 62.6 Å². The average molecular weight is 563 g/mol. The van der Waals surface area contributed by atoms with E-state index in [0.717, 1.165) is 74.6 Å². The van der Waals surface area contributed by atoms with Crippen LogP contribution in [-0.4, -0.2) is 89.2 Å². The molecule has 3 aromatic carbocycles. The van der Waals surface area contributed by atoms with Crippen LogP contribution in [0.2, 0.25) is 0 Å². The largest absolute Gasteiger partial charge is 0.496 e. The molecule has 4 aromatic rings. The van der Waals surface area contributed by atoms with Crippen LogP contribution in [0.25, 0.3) is 32.9 Å². The minimum absolute atomic E-state index is 0.695. The van der Waals surface area contributed by atoms with Crippen molar-refractivity contribution in [3.05, 3.63) is 36.4 Å². The highest BCUT2D eigenvalue weighted by Gasteiger charge is 2.31. The second-order valence-corrected chi connectivity index (χ2v) is 10.7. The van der Waals surface area contributed by atoms with Gasteiger partial charge in [-0.3, -0.25) is 0 Å². The molecule has 1 aromatic heterocycles. The standard InChI is InChI=1S/C32H43N5O4/c1-33-20-14-23-29(25(15-20)38-8)32(31-27(40-10)18-22(36(6)7)19-28(31)41-11)30-24(37(23)13-12-34(2)3)16-21(35(4)5)17-26(30)39-9/h14-19H,12-13H2,1-11H3/p+1. The van der Waals surface area contributed by atoms with Crippen LogP contribution in [0, 0.1) is 0 Å². The molecular weight excluding hydrogens is 518 g/mol. The molecule has 0 spiro atoms. The number of hydrogen-bond donors (Lipinski definition) is 1. The van der Waals surface area contributed by atoms with Crippen LogP contribution < -0.4 is 38.6 Å². The first-order valence-corrected chi connectivity index (χ1v) is 13.6. The molecule has 0 saturated heterocycles. The monoisotopic (exact) mass is 562 g/mol. The van der Waals surface area contributed by atoms with Gasteiger partial charge in [-0.05, 0) is 14.1 Å². The van der Waals surface area contributed by atoms with Gasteiger partial charge in [-0.15, -0.1) is 0 Å². The lowest BCUT2D eigenvalue weighted by atomic mass is 9.92. The fraction of sp³-hybridized carbons (Fsp3) is 0.406. The number of methoxy groups -OCH3 is 4. The SMILES string of the molecule is CNc1cc(OC)c2c(-c3c(OC)cc(N(C)C)cc3OC)c3c(OC)cc(N(C)C)cc3[n+](CCN(C)C)c2c1. The fourth-order valence-electron chi connectivity index (χ4n) is 5.29. The first-order chi connectivity index (χ1) is 19.6. The van der Waals surface area contributed by atoms with E-state index in [2.05, 4.69) is 52.0 Å². The molecular formula is C32H44N5O4+. The van der Waals surface area contributed by atoms with Crippen LogP contribution in [0.5, 0.6) is 23.0 Å². The zero-order valence-corrected chi connectivity index (χ0v) is 26.3. The Morgan fingerprint density at radius 3 is 1.54 bits per heavy atom. The van der Waals surface area contributed by atoms with Crippen LogP contribution in [0.1, 0.15) is 0 Å². The number of benzene rings is 3. The van der Waals surface area contributed by atoms with Crippen molar-refractivity contribution in [2.24, 2.45) is 0 Å². The highest BCUT2D eigenvalue weighted by atomic mass is 16.5. The summed E-state index contributed by atoms with van der Waals surface area (Å²) < 4.78 is 26.8. The molecule has 0 unspecified atom stereocenters. The predicted molar refractivity (Wildman–Crippen MR) is 170 cm³/mol. The van der Waals surface area contributed by atoms with Crippen LogP contribution in [0.3, 0.4) is 0 Å². The Kier molecular flexibility index (Phi) is 8.87. The smallest absolute Gasteiger partial charge is 0.219 e. The first-order valence-electron chi connectivity index (χ1n) is 13.6. The molecule has 1 N–H and O–H groups in total. The molecule has 0 aliphatic rings. The van der Waals surface area contributed by atoms with Crippen LogP contribution in [0.15, 0.2) is 36.4 Å². The molecule has 220 valence electrons. The van der Waals surface area contributed by atoms with Gasteiger partial charge >= 0.3 is 0 Å². The van der Waals surface area contributed by atoms with Gasteiger partial charge in [0.25, 0.3) is 0 Å². The van der Waals surface area contributed by atoms with Crippen molar-refractivity contribution in [3.63, 3.8) is 0 Å². The van der Waals surface area contributed by atoms with Crippen molar-refractivity contribution in [2.45, 2.75) is 6.54 Å². The van der Waals surface area contributed by atoms with Gasteiger partial charge in [0.2, 0.25) is 11.0 Å². The van der Waals surface area contributed by atoms with Gasteiger partial charge in [0.15, 0.2) is 6.54 Å². The highest BCUT2D eigenvalue weighted by Crippen LogP contribution is 2.51. The van der Waals surface area contributed by atoms with E-state index in [1.54, 1.807) is 28.4 Å². The Labute approximate surface area is 243 Å². The summed E-state index contributed by atoms with van der Waals surface area (Å²) in [5.74, 6) is 2.88.